The van der Waals surface area contributed by atoms with Crippen molar-refractivity contribution >= 4 is 23.3 Å². The van der Waals surface area contributed by atoms with Crippen LogP contribution < -0.4 is 5.32 Å². The third kappa shape index (κ3) is 2.69. The molecule has 2 aromatic heterocycles. The summed E-state index contributed by atoms with van der Waals surface area (Å²) in [7, 11) is 0. The van der Waals surface area contributed by atoms with Gasteiger partial charge in [-0.1, -0.05) is 11.6 Å². The predicted octanol–water partition coefficient (Wildman–Crippen LogP) is 4.42. The molecule has 5 nitrogen and oxygen atoms in total. The van der Waals surface area contributed by atoms with Gasteiger partial charge in [0.2, 0.25) is 0 Å². The van der Waals surface area contributed by atoms with Crippen molar-refractivity contribution in [1.82, 2.24) is 14.8 Å². The average Bonchev–Trinajstić information content (AvgIpc) is 3.14. The lowest BCUT2D eigenvalue weighted by molar-refractivity contribution is 0.102. The lowest BCUT2D eigenvalue weighted by Gasteiger charge is -2.07. The molecule has 1 amide bonds. The van der Waals surface area contributed by atoms with Crippen LogP contribution in [0.4, 0.5) is 14.6 Å². The van der Waals surface area contributed by atoms with Crippen molar-refractivity contribution in [2.75, 3.05) is 5.32 Å². The van der Waals surface area contributed by atoms with Crippen LogP contribution in [-0.2, 0) is 6.42 Å². The van der Waals surface area contributed by atoms with Gasteiger partial charge in [0.25, 0.3) is 5.91 Å². The zero-order chi connectivity index (χ0) is 19.6. The van der Waals surface area contributed by atoms with E-state index in [4.69, 9.17) is 11.6 Å². The van der Waals surface area contributed by atoms with E-state index in [1.54, 1.807) is 12.3 Å². The van der Waals surface area contributed by atoms with Crippen LogP contribution in [0.1, 0.15) is 39.6 Å². The van der Waals surface area contributed by atoms with E-state index in [-0.39, 0.29) is 23.1 Å². The molecule has 0 unspecified atom stereocenters. The molecule has 1 N–H and O–H groups in total. The number of benzene rings is 1. The maximum absolute atomic E-state index is 14.4. The normalized spacial score (nSPS) is 19.3. The number of amides is 1. The number of halogens is 3. The molecule has 2 atom stereocenters. The molecule has 8 heteroatoms. The highest BCUT2D eigenvalue weighted by Crippen LogP contribution is 2.57. The van der Waals surface area contributed by atoms with E-state index in [0.717, 1.165) is 35.7 Å². The Labute approximate surface area is 164 Å². The summed E-state index contributed by atoms with van der Waals surface area (Å²) in [5.74, 6) is -0.865. The molecule has 0 bridgehead atoms. The maximum atomic E-state index is 14.4. The fourth-order valence-electron chi connectivity index (χ4n) is 3.93. The molecule has 0 radical (unpaired) electrons. The largest absolute Gasteiger partial charge is 0.304 e. The van der Waals surface area contributed by atoms with Gasteiger partial charge in [0.05, 0.1) is 10.7 Å². The fourth-order valence-corrected chi connectivity index (χ4v) is 4.20. The van der Waals surface area contributed by atoms with Crippen LogP contribution in [0.15, 0.2) is 30.5 Å². The number of aryl methyl sites for hydroxylation is 1. The Morgan fingerprint density at radius 2 is 2.14 bits per heavy atom. The summed E-state index contributed by atoms with van der Waals surface area (Å²) < 4.78 is 29.1. The molecule has 2 aliphatic carbocycles. The number of hydrogen-bond donors (Lipinski definition) is 1. The van der Waals surface area contributed by atoms with Gasteiger partial charge in [-0.25, -0.2) is 18.4 Å². The Kier molecular flexibility index (Phi) is 3.77. The lowest BCUT2D eigenvalue weighted by atomic mass is 10.1. The van der Waals surface area contributed by atoms with Gasteiger partial charge >= 0.3 is 0 Å². The molecule has 142 valence electrons. The summed E-state index contributed by atoms with van der Waals surface area (Å²) in [5, 5.41) is 7.40. The van der Waals surface area contributed by atoms with Gasteiger partial charge in [0.1, 0.15) is 11.5 Å². The molecular formula is C20H15ClF2N4O. The molecule has 1 saturated carbocycles. The number of fused-ring (bicyclic) bond motifs is 3. The van der Waals surface area contributed by atoms with Crippen LogP contribution in [0.25, 0.3) is 5.69 Å². The van der Waals surface area contributed by atoms with Crippen LogP contribution in [0.2, 0.25) is 5.02 Å². The smallest absolute Gasteiger partial charge is 0.277 e. The van der Waals surface area contributed by atoms with Crippen LogP contribution >= 0.6 is 11.6 Å². The number of nitrogens with zero attached hydrogens (tertiary/aromatic N) is 3. The first-order valence-electron chi connectivity index (χ1n) is 8.93. The van der Waals surface area contributed by atoms with Crippen LogP contribution in [0.5, 0.6) is 0 Å². The lowest BCUT2D eigenvalue weighted by Crippen LogP contribution is -2.16. The van der Waals surface area contributed by atoms with Crippen molar-refractivity contribution in [3.8, 4) is 5.69 Å². The van der Waals surface area contributed by atoms with Crippen LogP contribution in [-0.4, -0.2) is 20.7 Å². The van der Waals surface area contributed by atoms with Gasteiger partial charge in [-0.3, -0.25) is 4.79 Å². The van der Waals surface area contributed by atoms with E-state index < -0.39 is 17.5 Å². The van der Waals surface area contributed by atoms with Gasteiger partial charge in [-0.15, -0.1) is 0 Å². The second-order valence-electron chi connectivity index (χ2n) is 7.32. The van der Waals surface area contributed by atoms with E-state index >= 15 is 0 Å². The molecule has 0 aliphatic heterocycles. The highest BCUT2D eigenvalue weighted by atomic mass is 35.5. The number of hydrogen-bond acceptors (Lipinski definition) is 3. The maximum Gasteiger partial charge on any atom is 0.277 e. The molecule has 0 spiro atoms. The summed E-state index contributed by atoms with van der Waals surface area (Å²) in [6.45, 7) is 1.85. The second kappa shape index (κ2) is 6.10. The third-order valence-electron chi connectivity index (χ3n) is 5.33. The molecule has 0 saturated heterocycles. The molecule has 1 fully saturated rings. The predicted molar refractivity (Wildman–Crippen MR) is 100.0 cm³/mol. The van der Waals surface area contributed by atoms with E-state index in [9.17, 15) is 13.6 Å². The number of nitrogens with one attached hydrogen (secondary N) is 1. The Morgan fingerprint density at radius 1 is 1.32 bits per heavy atom. The first-order chi connectivity index (χ1) is 13.4. The number of anilines is 1. The molecule has 5 rings (SSSR count). The summed E-state index contributed by atoms with van der Waals surface area (Å²) in [6, 6.07) is 5.05. The Morgan fingerprint density at radius 3 is 2.89 bits per heavy atom. The molecule has 1 aromatic carbocycles. The Hall–Kier alpha value is -2.80. The van der Waals surface area contributed by atoms with E-state index in [1.807, 2.05) is 6.92 Å². The van der Waals surface area contributed by atoms with Crippen molar-refractivity contribution < 1.29 is 13.6 Å². The minimum Gasteiger partial charge on any atom is -0.304 e. The highest BCUT2D eigenvalue weighted by Gasteiger charge is 2.50. The van der Waals surface area contributed by atoms with E-state index in [0.29, 0.717) is 10.9 Å². The topological polar surface area (TPSA) is 59.8 Å². The van der Waals surface area contributed by atoms with Crippen LogP contribution in [0, 0.1) is 24.5 Å². The van der Waals surface area contributed by atoms with E-state index in [2.05, 4.69) is 15.4 Å². The van der Waals surface area contributed by atoms with Crippen molar-refractivity contribution in [2.45, 2.75) is 25.7 Å². The quantitative estimate of drug-likeness (QED) is 0.708. The number of aromatic nitrogens is 3. The summed E-state index contributed by atoms with van der Waals surface area (Å²) in [5.41, 5.74) is 2.88. The standard InChI is InChI=1S/C20H15ClF2N4O/c1-9-4-14(21)19(24-8-9)25-20(28)17-13-6-10-5-12(10)18(13)27(26-17)16-3-2-11(22)7-15(16)23/h2-4,7-8,10,12H,5-6H2,1H3,(H,24,25,28)/t10-,12-/m0/s1. The Balaban J connectivity index is 1.56. The van der Waals surface area contributed by atoms with Crippen molar-refractivity contribution in [3.63, 3.8) is 0 Å². The van der Waals surface area contributed by atoms with Gasteiger partial charge in [0.15, 0.2) is 17.3 Å². The summed E-state index contributed by atoms with van der Waals surface area (Å²) in [6.07, 6.45) is 3.32. The van der Waals surface area contributed by atoms with Crippen molar-refractivity contribution in [2.24, 2.45) is 5.92 Å². The molecular weight excluding hydrogens is 386 g/mol. The first-order valence-corrected chi connectivity index (χ1v) is 9.31. The minimum absolute atomic E-state index is 0.135. The van der Waals surface area contributed by atoms with Gasteiger partial charge in [-0.2, -0.15) is 5.10 Å². The minimum atomic E-state index is -0.718. The van der Waals surface area contributed by atoms with Crippen molar-refractivity contribution in [3.05, 3.63) is 69.6 Å². The monoisotopic (exact) mass is 400 g/mol. The van der Waals surface area contributed by atoms with Gasteiger partial charge in [0, 0.05) is 23.7 Å². The molecule has 28 heavy (non-hydrogen) atoms. The van der Waals surface area contributed by atoms with Crippen LogP contribution in [0.3, 0.4) is 0 Å². The first kappa shape index (κ1) is 17.3. The summed E-state index contributed by atoms with van der Waals surface area (Å²) in [4.78, 5) is 17.0. The molecule has 3 aromatic rings. The fraction of sp³-hybridized carbons (Fsp3) is 0.250. The van der Waals surface area contributed by atoms with Gasteiger partial charge in [-0.05, 0) is 49.4 Å². The van der Waals surface area contributed by atoms with Gasteiger partial charge < -0.3 is 5.32 Å². The molecule has 2 aliphatic rings. The second-order valence-corrected chi connectivity index (χ2v) is 7.73. The average molecular weight is 401 g/mol. The zero-order valence-electron chi connectivity index (χ0n) is 14.8. The number of carbonyl (C=O) groups is 1. The SMILES string of the molecule is Cc1cnc(NC(=O)c2nn(-c3ccc(F)cc3F)c3c2C[C@@H]2C[C@H]32)c(Cl)c1. The third-order valence-corrected chi connectivity index (χ3v) is 5.61. The number of carbonyl (C=O) groups excluding carboxylic acids is 1. The Bertz CT molecular complexity index is 1140. The molecule has 2 heterocycles. The number of pyridine rings is 1. The zero-order valence-corrected chi connectivity index (χ0v) is 15.6. The highest BCUT2D eigenvalue weighted by molar-refractivity contribution is 6.33. The van der Waals surface area contributed by atoms with E-state index in [1.165, 1.54) is 16.8 Å². The summed E-state index contributed by atoms with van der Waals surface area (Å²) >= 11 is 6.16. The number of rotatable bonds is 3. The van der Waals surface area contributed by atoms with Crippen molar-refractivity contribution in [1.29, 1.82) is 0 Å².